The number of likely N-dealkylation sites (N-methyl/N-ethyl adjacent to an activating group) is 1. The molecule has 1 heterocycles. The number of methoxy groups -OCH3 is 2. The fraction of sp³-hybridized carbons (Fsp3) is 0.400. The fourth-order valence-corrected chi connectivity index (χ4v) is 3.69. The predicted octanol–water partition coefficient (Wildman–Crippen LogP) is 3.96. The second kappa shape index (κ2) is 10.1. The molecular formula is C25H31FN4O4. The summed E-state index contributed by atoms with van der Waals surface area (Å²) >= 11 is 0. The molecule has 9 heteroatoms. The molecule has 2 aromatic carbocycles. The van der Waals surface area contributed by atoms with Crippen molar-refractivity contribution >= 4 is 17.6 Å². The molecule has 1 atom stereocenters. The average molecular weight is 471 g/mol. The van der Waals surface area contributed by atoms with Gasteiger partial charge in [0, 0.05) is 36.2 Å². The first kappa shape index (κ1) is 25.0. The highest BCUT2D eigenvalue weighted by Gasteiger charge is 2.36. The number of carbonyl (C=O) groups is 2. The summed E-state index contributed by atoms with van der Waals surface area (Å²) in [5.74, 6) is 0.287. The highest BCUT2D eigenvalue weighted by Crippen LogP contribution is 2.37. The number of hydrogen-bond acceptors (Lipinski definition) is 5. The van der Waals surface area contributed by atoms with Gasteiger partial charge in [-0.05, 0) is 39.0 Å². The molecule has 0 radical (unpaired) electrons. The van der Waals surface area contributed by atoms with Crippen LogP contribution >= 0.6 is 0 Å². The van der Waals surface area contributed by atoms with E-state index in [1.807, 2.05) is 20.8 Å². The quantitative estimate of drug-likeness (QED) is 0.693. The lowest BCUT2D eigenvalue weighted by molar-refractivity contribution is -0.133. The van der Waals surface area contributed by atoms with E-state index in [1.54, 1.807) is 43.5 Å². The van der Waals surface area contributed by atoms with Gasteiger partial charge in [0.25, 0.3) is 5.91 Å². The number of nitrogens with zero attached hydrogens (tertiary/aromatic N) is 3. The number of rotatable bonds is 6. The van der Waals surface area contributed by atoms with Crippen molar-refractivity contribution in [1.29, 1.82) is 0 Å². The Morgan fingerprint density at radius 2 is 1.88 bits per heavy atom. The molecule has 0 saturated heterocycles. The molecule has 0 saturated carbocycles. The van der Waals surface area contributed by atoms with Crippen LogP contribution in [0.15, 0.2) is 47.6 Å². The topological polar surface area (TPSA) is 83.5 Å². The number of benzene rings is 2. The minimum atomic E-state index is -0.658. The normalized spacial score (nSPS) is 15.6. The van der Waals surface area contributed by atoms with Crippen molar-refractivity contribution in [2.24, 2.45) is 5.10 Å². The molecular weight excluding hydrogens is 439 g/mol. The monoisotopic (exact) mass is 470 g/mol. The standard InChI is InChI=1S/C25H31FN4O4/c1-25(2,3)27-24(32)29(4)15-23(31)30-21(17-9-7-8-10-19(17)26)14-20(28-30)18-12-11-16(33-5)13-22(18)34-6/h7-13,21H,14-15H2,1-6H3,(H,27,32)/t21-/m0/s1. The van der Waals surface area contributed by atoms with Gasteiger partial charge in [0.2, 0.25) is 0 Å². The number of amides is 3. The summed E-state index contributed by atoms with van der Waals surface area (Å²) in [6.45, 7) is 5.35. The van der Waals surface area contributed by atoms with E-state index >= 15 is 0 Å². The molecule has 3 rings (SSSR count). The van der Waals surface area contributed by atoms with Gasteiger partial charge in [-0.25, -0.2) is 14.2 Å². The summed E-state index contributed by atoms with van der Waals surface area (Å²) in [6, 6.07) is 10.6. The minimum absolute atomic E-state index is 0.219. The molecule has 0 spiro atoms. The average Bonchev–Trinajstić information content (AvgIpc) is 3.22. The maximum atomic E-state index is 14.7. The van der Waals surface area contributed by atoms with Crippen LogP contribution in [0.4, 0.5) is 9.18 Å². The van der Waals surface area contributed by atoms with Crippen molar-refractivity contribution in [3.8, 4) is 11.5 Å². The molecule has 182 valence electrons. The Bertz CT molecular complexity index is 1100. The molecule has 2 aromatic rings. The molecule has 3 amide bonds. The number of hydrazone groups is 1. The summed E-state index contributed by atoms with van der Waals surface area (Å²) in [7, 11) is 4.63. The molecule has 1 N–H and O–H groups in total. The maximum Gasteiger partial charge on any atom is 0.318 e. The first-order chi connectivity index (χ1) is 16.0. The van der Waals surface area contributed by atoms with E-state index in [-0.39, 0.29) is 19.0 Å². The third-order valence-electron chi connectivity index (χ3n) is 5.35. The highest BCUT2D eigenvalue weighted by atomic mass is 19.1. The molecule has 0 unspecified atom stereocenters. The van der Waals surface area contributed by atoms with Crippen LogP contribution in [0.5, 0.6) is 11.5 Å². The Balaban J connectivity index is 1.94. The second-order valence-electron chi connectivity index (χ2n) is 9.13. The van der Waals surface area contributed by atoms with Crippen LogP contribution < -0.4 is 14.8 Å². The van der Waals surface area contributed by atoms with Crippen LogP contribution in [-0.2, 0) is 4.79 Å². The number of ether oxygens (including phenoxy) is 2. The number of hydrogen-bond donors (Lipinski definition) is 1. The first-order valence-electron chi connectivity index (χ1n) is 10.9. The molecule has 0 aliphatic carbocycles. The van der Waals surface area contributed by atoms with E-state index in [0.717, 1.165) is 0 Å². The Morgan fingerprint density at radius 1 is 1.18 bits per heavy atom. The van der Waals surface area contributed by atoms with E-state index in [9.17, 15) is 14.0 Å². The van der Waals surface area contributed by atoms with Gasteiger partial charge in [-0.2, -0.15) is 5.10 Å². The zero-order chi connectivity index (χ0) is 25.0. The van der Waals surface area contributed by atoms with E-state index < -0.39 is 23.3 Å². The van der Waals surface area contributed by atoms with Gasteiger partial charge in [-0.1, -0.05) is 18.2 Å². The van der Waals surface area contributed by atoms with E-state index in [0.29, 0.717) is 28.3 Å². The third-order valence-corrected chi connectivity index (χ3v) is 5.35. The summed E-state index contributed by atoms with van der Waals surface area (Å²) in [5.41, 5.74) is 1.15. The molecule has 1 aliphatic rings. The minimum Gasteiger partial charge on any atom is -0.497 e. The van der Waals surface area contributed by atoms with Crippen molar-refractivity contribution in [3.05, 3.63) is 59.4 Å². The fourth-order valence-electron chi connectivity index (χ4n) is 3.69. The molecule has 0 fully saturated rings. The van der Waals surface area contributed by atoms with Gasteiger partial charge < -0.3 is 19.7 Å². The lowest BCUT2D eigenvalue weighted by Gasteiger charge is -2.28. The SMILES string of the molecule is COc1ccc(C2=NN(C(=O)CN(C)C(=O)NC(C)(C)C)[C@H](c3ccccc3F)C2)c(OC)c1. The largest absolute Gasteiger partial charge is 0.497 e. The van der Waals surface area contributed by atoms with Gasteiger partial charge in [0.05, 0.1) is 26.0 Å². The maximum absolute atomic E-state index is 14.7. The van der Waals surface area contributed by atoms with Crippen LogP contribution in [0.3, 0.4) is 0 Å². The Hall–Kier alpha value is -3.62. The van der Waals surface area contributed by atoms with Crippen LogP contribution in [0, 0.1) is 5.82 Å². The summed E-state index contributed by atoms with van der Waals surface area (Å²) < 4.78 is 25.5. The number of carbonyl (C=O) groups excluding carboxylic acids is 2. The van der Waals surface area contributed by atoms with Crippen molar-refractivity contribution in [2.45, 2.75) is 38.8 Å². The van der Waals surface area contributed by atoms with Crippen LogP contribution in [0.25, 0.3) is 0 Å². The van der Waals surface area contributed by atoms with Crippen molar-refractivity contribution in [3.63, 3.8) is 0 Å². The van der Waals surface area contributed by atoms with Gasteiger partial charge in [-0.15, -0.1) is 0 Å². The van der Waals surface area contributed by atoms with Gasteiger partial charge >= 0.3 is 6.03 Å². The van der Waals surface area contributed by atoms with Crippen LogP contribution in [0.1, 0.15) is 44.4 Å². The van der Waals surface area contributed by atoms with E-state index in [2.05, 4.69) is 10.4 Å². The summed E-state index contributed by atoms with van der Waals surface area (Å²) in [4.78, 5) is 27.0. The Morgan fingerprint density at radius 3 is 2.50 bits per heavy atom. The zero-order valence-electron chi connectivity index (χ0n) is 20.4. The van der Waals surface area contributed by atoms with Gasteiger partial charge in [0.15, 0.2) is 0 Å². The zero-order valence-corrected chi connectivity index (χ0v) is 20.4. The van der Waals surface area contributed by atoms with Crippen LogP contribution in [-0.4, -0.2) is 60.9 Å². The lowest BCUT2D eigenvalue weighted by atomic mass is 9.97. The summed E-state index contributed by atoms with van der Waals surface area (Å²) in [5, 5.41) is 8.64. The molecule has 8 nitrogen and oxygen atoms in total. The number of urea groups is 1. The van der Waals surface area contributed by atoms with Crippen molar-refractivity contribution < 1.29 is 23.5 Å². The number of nitrogens with one attached hydrogen (secondary N) is 1. The molecule has 0 bridgehead atoms. The predicted molar refractivity (Wildman–Crippen MR) is 128 cm³/mol. The Labute approximate surface area is 199 Å². The van der Waals surface area contributed by atoms with Gasteiger partial charge in [0.1, 0.15) is 23.9 Å². The molecule has 1 aliphatic heterocycles. The molecule has 0 aromatic heterocycles. The smallest absolute Gasteiger partial charge is 0.318 e. The van der Waals surface area contributed by atoms with Crippen molar-refractivity contribution in [1.82, 2.24) is 15.2 Å². The third kappa shape index (κ3) is 5.65. The van der Waals surface area contributed by atoms with Gasteiger partial charge in [-0.3, -0.25) is 4.79 Å². The van der Waals surface area contributed by atoms with Crippen molar-refractivity contribution in [2.75, 3.05) is 27.8 Å². The number of halogens is 1. The van der Waals surface area contributed by atoms with E-state index in [4.69, 9.17) is 9.47 Å². The summed E-state index contributed by atoms with van der Waals surface area (Å²) in [6.07, 6.45) is 0.285. The van der Waals surface area contributed by atoms with Crippen LogP contribution in [0.2, 0.25) is 0 Å². The second-order valence-corrected chi connectivity index (χ2v) is 9.13. The first-order valence-corrected chi connectivity index (χ1v) is 10.9. The molecule has 34 heavy (non-hydrogen) atoms. The Kier molecular flexibility index (Phi) is 7.44. The highest BCUT2D eigenvalue weighted by molar-refractivity contribution is 6.05. The van der Waals surface area contributed by atoms with E-state index in [1.165, 1.54) is 30.1 Å². The lowest BCUT2D eigenvalue weighted by Crippen LogP contribution is -2.49.